The fraction of sp³-hybridized carbons (Fsp3) is 0.571. The first-order chi connectivity index (χ1) is 8.24. The summed E-state index contributed by atoms with van der Waals surface area (Å²) in [5.74, 6) is -0.387. The van der Waals surface area contributed by atoms with Crippen molar-refractivity contribution in [2.75, 3.05) is 0 Å². The summed E-state index contributed by atoms with van der Waals surface area (Å²) in [5, 5.41) is 0. The van der Waals surface area contributed by atoms with E-state index in [-0.39, 0.29) is 5.78 Å². The number of pyridine rings is 1. The lowest BCUT2D eigenvalue weighted by Gasteiger charge is -2.01. The van der Waals surface area contributed by atoms with Crippen molar-refractivity contribution in [3.8, 4) is 0 Å². The van der Waals surface area contributed by atoms with Crippen molar-refractivity contribution in [3.05, 3.63) is 29.8 Å². The third-order valence-electron chi connectivity index (χ3n) is 2.77. The topological polar surface area (TPSA) is 30.0 Å². The molecular weight excluding hydrogens is 217 g/mol. The summed E-state index contributed by atoms with van der Waals surface area (Å²) >= 11 is 0. The first-order valence-corrected chi connectivity index (χ1v) is 6.38. The van der Waals surface area contributed by atoms with Crippen molar-refractivity contribution in [1.82, 2.24) is 4.98 Å². The van der Waals surface area contributed by atoms with Crippen LogP contribution in [-0.4, -0.2) is 10.8 Å². The molecule has 3 heteroatoms. The van der Waals surface area contributed by atoms with E-state index < -0.39 is 5.82 Å². The Morgan fingerprint density at radius 2 is 1.88 bits per heavy atom. The molecule has 94 valence electrons. The Labute approximate surface area is 102 Å². The number of nitrogens with zero attached hydrogens (tertiary/aromatic N) is 1. The molecular formula is C14H20FNO. The maximum Gasteiger partial charge on any atom is 0.181 e. The van der Waals surface area contributed by atoms with Gasteiger partial charge in [0.15, 0.2) is 5.78 Å². The van der Waals surface area contributed by atoms with Gasteiger partial charge in [-0.1, -0.05) is 39.0 Å². The highest BCUT2D eigenvalue weighted by atomic mass is 19.1. The largest absolute Gasteiger partial charge is 0.292 e. The van der Waals surface area contributed by atoms with Crippen LogP contribution in [0.1, 0.15) is 62.4 Å². The number of hydrogen-bond donors (Lipinski definition) is 0. The Hall–Kier alpha value is -1.25. The van der Waals surface area contributed by atoms with Gasteiger partial charge in [-0.2, -0.15) is 0 Å². The van der Waals surface area contributed by atoms with Gasteiger partial charge in [0.2, 0.25) is 0 Å². The smallest absolute Gasteiger partial charge is 0.181 e. The van der Waals surface area contributed by atoms with Gasteiger partial charge in [-0.05, 0) is 18.6 Å². The van der Waals surface area contributed by atoms with E-state index in [0.717, 1.165) is 19.0 Å². The van der Waals surface area contributed by atoms with E-state index in [2.05, 4.69) is 11.9 Å². The molecule has 0 radical (unpaired) electrons. The molecule has 1 heterocycles. The number of rotatable bonds is 8. The van der Waals surface area contributed by atoms with E-state index in [0.29, 0.717) is 12.1 Å². The summed E-state index contributed by atoms with van der Waals surface area (Å²) in [5.41, 5.74) is 0.375. The second kappa shape index (κ2) is 7.93. The molecule has 0 unspecified atom stereocenters. The fourth-order valence-corrected chi connectivity index (χ4v) is 1.73. The Kier molecular flexibility index (Phi) is 6.45. The van der Waals surface area contributed by atoms with Gasteiger partial charge < -0.3 is 0 Å². The molecule has 0 amide bonds. The molecule has 0 saturated heterocycles. The van der Waals surface area contributed by atoms with Gasteiger partial charge in [-0.3, -0.25) is 9.78 Å². The highest BCUT2D eigenvalue weighted by molar-refractivity contribution is 5.94. The van der Waals surface area contributed by atoms with Gasteiger partial charge in [-0.15, -0.1) is 0 Å². The minimum absolute atomic E-state index is 0.0143. The van der Waals surface area contributed by atoms with Gasteiger partial charge in [-0.25, -0.2) is 4.39 Å². The summed E-state index contributed by atoms with van der Waals surface area (Å²) in [6.45, 7) is 2.18. The van der Waals surface area contributed by atoms with E-state index in [1.54, 1.807) is 0 Å². The first kappa shape index (κ1) is 13.8. The van der Waals surface area contributed by atoms with Crippen LogP contribution in [0, 0.1) is 5.82 Å². The van der Waals surface area contributed by atoms with Crippen LogP contribution in [0.3, 0.4) is 0 Å². The van der Waals surface area contributed by atoms with Gasteiger partial charge in [0.25, 0.3) is 0 Å². The SMILES string of the molecule is CCCCCCCCC(=O)c1ccc(F)cn1. The number of carbonyl (C=O) groups excluding carboxylic acids is 1. The van der Waals surface area contributed by atoms with Crippen LogP contribution in [0.15, 0.2) is 18.3 Å². The van der Waals surface area contributed by atoms with E-state index in [4.69, 9.17) is 0 Å². The van der Waals surface area contributed by atoms with Gasteiger partial charge in [0, 0.05) is 6.42 Å². The maximum absolute atomic E-state index is 12.6. The lowest BCUT2D eigenvalue weighted by Crippen LogP contribution is -2.02. The average Bonchev–Trinajstić information content (AvgIpc) is 2.34. The number of hydrogen-bond acceptors (Lipinski definition) is 2. The van der Waals surface area contributed by atoms with Crippen LogP contribution >= 0.6 is 0 Å². The molecule has 1 aromatic rings. The van der Waals surface area contributed by atoms with Crippen LogP contribution in [0.5, 0.6) is 0 Å². The zero-order valence-corrected chi connectivity index (χ0v) is 10.4. The van der Waals surface area contributed by atoms with Crippen LogP contribution in [0.2, 0.25) is 0 Å². The van der Waals surface area contributed by atoms with Crippen molar-refractivity contribution in [2.45, 2.75) is 51.9 Å². The van der Waals surface area contributed by atoms with Crippen LogP contribution in [-0.2, 0) is 0 Å². The predicted molar refractivity (Wildman–Crippen MR) is 66.5 cm³/mol. The highest BCUT2D eigenvalue weighted by Crippen LogP contribution is 2.09. The number of Topliss-reactive ketones (excluding diaryl/α,β-unsaturated/α-hetero) is 1. The molecule has 0 aliphatic heterocycles. The van der Waals surface area contributed by atoms with Crippen molar-refractivity contribution < 1.29 is 9.18 Å². The van der Waals surface area contributed by atoms with Gasteiger partial charge >= 0.3 is 0 Å². The lowest BCUT2D eigenvalue weighted by atomic mass is 10.1. The number of ketones is 1. The molecule has 2 nitrogen and oxygen atoms in total. The minimum Gasteiger partial charge on any atom is -0.292 e. The number of carbonyl (C=O) groups is 1. The van der Waals surface area contributed by atoms with Crippen LogP contribution < -0.4 is 0 Å². The standard InChI is InChI=1S/C14H20FNO/c1-2-3-4-5-6-7-8-14(17)13-10-9-12(15)11-16-13/h9-11H,2-8H2,1H3. The number of unbranched alkanes of at least 4 members (excludes halogenated alkanes) is 5. The van der Waals surface area contributed by atoms with Crippen LogP contribution in [0.25, 0.3) is 0 Å². The Bertz CT molecular complexity index is 335. The summed E-state index contributed by atoms with van der Waals surface area (Å²) in [6, 6.07) is 2.73. The molecule has 17 heavy (non-hydrogen) atoms. The zero-order chi connectivity index (χ0) is 12.5. The van der Waals surface area contributed by atoms with Gasteiger partial charge in [0.1, 0.15) is 11.5 Å². The molecule has 0 aromatic carbocycles. The summed E-state index contributed by atoms with van der Waals surface area (Å²) in [7, 11) is 0. The average molecular weight is 237 g/mol. The molecule has 1 rings (SSSR count). The van der Waals surface area contributed by atoms with Crippen molar-refractivity contribution in [1.29, 1.82) is 0 Å². The molecule has 0 aliphatic carbocycles. The van der Waals surface area contributed by atoms with E-state index in [1.807, 2.05) is 0 Å². The molecule has 0 atom stereocenters. The van der Waals surface area contributed by atoms with Crippen molar-refractivity contribution in [3.63, 3.8) is 0 Å². The second-order valence-electron chi connectivity index (χ2n) is 4.30. The monoisotopic (exact) mass is 237 g/mol. The summed E-state index contributed by atoms with van der Waals surface area (Å²) < 4.78 is 12.6. The maximum atomic E-state index is 12.6. The molecule has 0 aliphatic rings. The number of aromatic nitrogens is 1. The Balaban J connectivity index is 2.19. The fourth-order valence-electron chi connectivity index (χ4n) is 1.73. The minimum atomic E-state index is -0.402. The Morgan fingerprint density at radius 3 is 2.53 bits per heavy atom. The van der Waals surface area contributed by atoms with E-state index in [1.165, 1.54) is 37.8 Å². The quantitative estimate of drug-likeness (QED) is 0.502. The Morgan fingerprint density at radius 1 is 1.18 bits per heavy atom. The van der Waals surface area contributed by atoms with E-state index >= 15 is 0 Å². The first-order valence-electron chi connectivity index (χ1n) is 6.38. The van der Waals surface area contributed by atoms with Gasteiger partial charge in [0.05, 0.1) is 6.20 Å². The molecule has 0 saturated carbocycles. The van der Waals surface area contributed by atoms with Crippen molar-refractivity contribution in [2.24, 2.45) is 0 Å². The number of halogens is 1. The second-order valence-corrected chi connectivity index (χ2v) is 4.30. The third-order valence-corrected chi connectivity index (χ3v) is 2.77. The van der Waals surface area contributed by atoms with Crippen LogP contribution in [0.4, 0.5) is 4.39 Å². The summed E-state index contributed by atoms with van der Waals surface area (Å²) in [4.78, 5) is 15.4. The molecule has 0 bridgehead atoms. The highest BCUT2D eigenvalue weighted by Gasteiger charge is 2.06. The molecule has 0 N–H and O–H groups in total. The molecule has 0 spiro atoms. The predicted octanol–water partition coefficient (Wildman–Crippen LogP) is 4.15. The zero-order valence-electron chi connectivity index (χ0n) is 10.4. The lowest BCUT2D eigenvalue weighted by molar-refractivity contribution is 0.0974. The molecule has 0 fully saturated rings. The van der Waals surface area contributed by atoms with E-state index in [9.17, 15) is 9.18 Å². The summed E-state index contributed by atoms with van der Waals surface area (Å²) in [6.07, 6.45) is 8.55. The molecule has 1 aromatic heterocycles. The third kappa shape index (κ3) is 5.57. The van der Waals surface area contributed by atoms with Crippen molar-refractivity contribution >= 4 is 5.78 Å². The normalized spacial score (nSPS) is 10.5.